The molecule has 0 radical (unpaired) electrons. The third kappa shape index (κ3) is 4.89. The van der Waals surface area contributed by atoms with Crippen molar-refractivity contribution in [1.82, 2.24) is 4.57 Å². The fourth-order valence-corrected chi connectivity index (χ4v) is 5.08. The summed E-state index contributed by atoms with van der Waals surface area (Å²) < 4.78 is 41.3. The Kier molecular flexibility index (Phi) is 6.68. The van der Waals surface area contributed by atoms with Crippen LogP contribution in [0, 0.1) is 19.7 Å². The molecule has 10 heteroatoms. The van der Waals surface area contributed by atoms with E-state index in [1.54, 1.807) is 19.1 Å². The number of hydrogen-bond acceptors (Lipinski definition) is 4. The summed E-state index contributed by atoms with van der Waals surface area (Å²) in [5.74, 6) is -1.23. The predicted molar refractivity (Wildman–Crippen MR) is 120 cm³/mol. The lowest BCUT2D eigenvalue weighted by molar-refractivity contribution is -0.116. The second kappa shape index (κ2) is 8.94. The number of amides is 1. The van der Waals surface area contributed by atoms with Crippen molar-refractivity contribution < 1.29 is 17.6 Å². The van der Waals surface area contributed by atoms with E-state index in [9.17, 15) is 22.4 Å². The predicted octanol–water partition coefficient (Wildman–Crippen LogP) is 4.49. The maximum absolute atomic E-state index is 13.3. The highest BCUT2D eigenvalue weighted by Gasteiger charge is 2.26. The number of hydrogen-bond donors (Lipinski definition) is 1. The van der Waals surface area contributed by atoms with Crippen LogP contribution < -0.4 is 10.9 Å². The quantitative estimate of drug-likeness (QED) is 0.530. The number of pyridine rings is 1. The van der Waals surface area contributed by atoms with E-state index in [-0.39, 0.29) is 21.2 Å². The molecule has 2 aromatic carbocycles. The van der Waals surface area contributed by atoms with Crippen LogP contribution in [0.15, 0.2) is 67.6 Å². The van der Waals surface area contributed by atoms with Gasteiger partial charge in [0, 0.05) is 15.9 Å². The van der Waals surface area contributed by atoms with E-state index in [0.29, 0.717) is 10.2 Å². The lowest BCUT2D eigenvalue weighted by atomic mass is 10.2. The molecular weight excluding hydrogens is 511 g/mol. The number of halogens is 3. The topological polar surface area (TPSA) is 85.2 Å². The van der Waals surface area contributed by atoms with Gasteiger partial charge < -0.3 is 9.88 Å². The number of rotatable bonds is 5. The highest BCUT2D eigenvalue weighted by molar-refractivity contribution is 9.10. The van der Waals surface area contributed by atoms with Crippen LogP contribution in [0.25, 0.3) is 0 Å². The number of aromatic nitrogens is 1. The van der Waals surface area contributed by atoms with Crippen molar-refractivity contribution in [3.05, 3.63) is 85.5 Å². The minimum Gasteiger partial charge on any atom is -0.324 e. The molecule has 0 aliphatic carbocycles. The first kappa shape index (κ1) is 23.2. The standard InChI is InChI=1S/C21H17BrClFN2O4S/c1-12-9-13(2)26(11-19(27)25-15-5-8-18(24)17(23)10-15)21(28)20(12)31(29,30)16-6-3-14(22)4-7-16/h3-10H,11H2,1-2H3,(H,25,27). The molecule has 1 N–H and O–H groups in total. The molecule has 1 aromatic heterocycles. The summed E-state index contributed by atoms with van der Waals surface area (Å²) >= 11 is 8.96. The minimum atomic E-state index is -4.11. The lowest BCUT2D eigenvalue weighted by Gasteiger charge is -2.15. The zero-order valence-electron chi connectivity index (χ0n) is 16.4. The number of sulfone groups is 1. The van der Waals surface area contributed by atoms with Gasteiger partial charge in [0.1, 0.15) is 17.3 Å². The SMILES string of the molecule is Cc1cc(C)n(CC(=O)Nc2ccc(F)c(Cl)c2)c(=O)c1S(=O)(=O)c1ccc(Br)cc1. The van der Waals surface area contributed by atoms with Crippen LogP contribution in [0.1, 0.15) is 11.3 Å². The first-order valence-corrected chi connectivity index (χ1v) is 11.6. The molecule has 162 valence electrons. The van der Waals surface area contributed by atoms with E-state index in [1.165, 1.54) is 37.3 Å². The van der Waals surface area contributed by atoms with Gasteiger partial charge in [-0.25, -0.2) is 12.8 Å². The number of aryl methyl sites for hydroxylation is 2. The molecule has 6 nitrogen and oxygen atoms in total. The van der Waals surface area contributed by atoms with Crippen molar-refractivity contribution in [3.63, 3.8) is 0 Å². The van der Waals surface area contributed by atoms with Crippen LogP contribution in [0.5, 0.6) is 0 Å². The summed E-state index contributed by atoms with van der Waals surface area (Å²) in [6, 6.07) is 11.1. The summed E-state index contributed by atoms with van der Waals surface area (Å²) in [5.41, 5.74) is 0.154. The second-order valence-corrected chi connectivity index (χ2v) is 10.0. The Morgan fingerprint density at radius 1 is 1.13 bits per heavy atom. The molecule has 0 unspecified atom stereocenters. The monoisotopic (exact) mass is 526 g/mol. The van der Waals surface area contributed by atoms with Gasteiger partial charge in [0.15, 0.2) is 0 Å². The number of carbonyl (C=O) groups excluding carboxylic acids is 1. The summed E-state index contributed by atoms with van der Waals surface area (Å²) in [7, 11) is -4.11. The van der Waals surface area contributed by atoms with Gasteiger partial charge in [-0.2, -0.15) is 0 Å². The normalized spacial score (nSPS) is 11.4. The van der Waals surface area contributed by atoms with Crippen LogP contribution in [0.4, 0.5) is 10.1 Å². The molecule has 1 heterocycles. The van der Waals surface area contributed by atoms with Crippen LogP contribution in [-0.4, -0.2) is 18.9 Å². The highest BCUT2D eigenvalue weighted by Crippen LogP contribution is 2.24. The molecule has 0 spiro atoms. The summed E-state index contributed by atoms with van der Waals surface area (Å²) in [5, 5.41) is 2.36. The van der Waals surface area contributed by atoms with E-state index in [0.717, 1.165) is 10.6 Å². The van der Waals surface area contributed by atoms with Crippen molar-refractivity contribution in [2.24, 2.45) is 0 Å². The van der Waals surface area contributed by atoms with Crippen LogP contribution in [0.2, 0.25) is 5.02 Å². The number of nitrogens with one attached hydrogen (secondary N) is 1. The summed E-state index contributed by atoms with van der Waals surface area (Å²) in [6.07, 6.45) is 0. The first-order chi connectivity index (χ1) is 14.5. The molecule has 0 saturated carbocycles. The zero-order chi connectivity index (χ0) is 22.9. The Balaban J connectivity index is 1.98. The van der Waals surface area contributed by atoms with Crippen molar-refractivity contribution in [2.45, 2.75) is 30.2 Å². The Labute approximate surface area is 191 Å². The van der Waals surface area contributed by atoms with Crippen molar-refractivity contribution in [3.8, 4) is 0 Å². The number of nitrogens with zero attached hydrogens (tertiary/aromatic N) is 1. The molecule has 0 atom stereocenters. The van der Waals surface area contributed by atoms with Gasteiger partial charge in [-0.15, -0.1) is 0 Å². The maximum atomic E-state index is 13.3. The third-order valence-electron chi connectivity index (χ3n) is 4.55. The van der Waals surface area contributed by atoms with E-state index in [4.69, 9.17) is 11.6 Å². The average Bonchev–Trinajstić information content (AvgIpc) is 2.68. The zero-order valence-corrected chi connectivity index (χ0v) is 19.6. The number of carbonyl (C=O) groups is 1. The van der Waals surface area contributed by atoms with Crippen molar-refractivity contribution in [2.75, 3.05) is 5.32 Å². The molecule has 0 fully saturated rings. The molecule has 3 aromatic rings. The molecule has 0 saturated heterocycles. The molecule has 0 bridgehead atoms. The van der Waals surface area contributed by atoms with Gasteiger partial charge in [-0.3, -0.25) is 9.59 Å². The lowest BCUT2D eigenvalue weighted by Crippen LogP contribution is -2.33. The third-order valence-corrected chi connectivity index (χ3v) is 7.29. The molecule has 3 rings (SSSR count). The van der Waals surface area contributed by atoms with Gasteiger partial charge in [-0.1, -0.05) is 27.5 Å². The van der Waals surface area contributed by atoms with Gasteiger partial charge in [0.25, 0.3) is 5.56 Å². The summed E-state index contributed by atoms with van der Waals surface area (Å²) in [6.45, 7) is 2.71. The Morgan fingerprint density at radius 2 is 1.77 bits per heavy atom. The van der Waals surface area contributed by atoms with E-state index in [1.807, 2.05) is 0 Å². The van der Waals surface area contributed by atoms with Gasteiger partial charge >= 0.3 is 0 Å². The fraction of sp³-hybridized carbons (Fsp3) is 0.143. The van der Waals surface area contributed by atoms with E-state index < -0.39 is 38.6 Å². The van der Waals surface area contributed by atoms with Crippen LogP contribution in [0.3, 0.4) is 0 Å². The van der Waals surface area contributed by atoms with Gasteiger partial charge in [0.05, 0.1) is 9.92 Å². The number of anilines is 1. The summed E-state index contributed by atoms with van der Waals surface area (Å²) in [4.78, 5) is 25.2. The fourth-order valence-electron chi connectivity index (χ4n) is 3.08. The Hall–Kier alpha value is -2.49. The van der Waals surface area contributed by atoms with Gasteiger partial charge in [0.2, 0.25) is 15.7 Å². The first-order valence-electron chi connectivity index (χ1n) is 8.97. The molecule has 1 amide bonds. The minimum absolute atomic E-state index is 0.0308. The number of benzene rings is 2. The van der Waals surface area contributed by atoms with Crippen LogP contribution >= 0.6 is 27.5 Å². The van der Waals surface area contributed by atoms with Crippen molar-refractivity contribution >= 4 is 49.0 Å². The largest absolute Gasteiger partial charge is 0.324 e. The molecule has 0 aliphatic rings. The molecular formula is C21H17BrClFN2O4S. The maximum Gasteiger partial charge on any atom is 0.270 e. The van der Waals surface area contributed by atoms with E-state index >= 15 is 0 Å². The van der Waals surface area contributed by atoms with Crippen LogP contribution in [-0.2, 0) is 21.2 Å². The van der Waals surface area contributed by atoms with Gasteiger partial charge in [-0.05, 0) is 67.9 Å². The molecule has 0 aliphatic heterocycles. The smallest absolute Gasteiger partial charge is 0.270 e. The molecule has 31 heavy (non-hydrogen) atoms. The Morgan fingerprint density at radius 3 is 2.39 bits per heavy atom. The van der Waals surface area contributed by atoms with E-state index in [2.05, 4.69) is 21.2 Å². The van der Waals surface area contributed by atoms with Crippen molar-refractivity contribution in [1.29, 1.82) is 0 Å². The average molecular weight is 528 g/mol. The highest BCUT2D eigenvalue weighted by atomic mass is 79.9. The Bertz CT molecular complexity index is 1340. The second-order valence-electron chi connectivity index (χ2n) is 6.82.